The number of benzene rings is 1. The van der Waals surface area contributed by atoms with E-state index in [1.54, 1.807) is 0 Å². The Balaban J connectivity index is 2.43. The van der Waals surface area contributed by atoms with Gasteiger partial charge in [0.15, 0.2) is 0 Å². The molecule has 0 fully saturated rings. The van der Waals surface area contributed by atoms with E-state index in [0.29, 0.717) is 0 Å². The summed E-state index contributed by atoms with van der Waals surface area (Å²) in [5.74, 6) is -0.407. The molecule has 0 N–H and O–H groups in total. The normalized spacial score (nSPS) is 11.2. The van der Waals surface area contributed by atoms with Gasteiger partial charge in [-0.1, -0.05) is 64.6 Å². The van der Waals surface area contributed by atoms with Gasteiger partial charge < -0.3 is 4.74 Å². The topological polar surface area (TPSA) is 26.3 Å². The minimum absolute atomic E-state index is 0.182. The second-order valence-electron chi connectivity index (χ2n) is 3.44. The Morgan fingerprint density at radius 2 is 1.81 bits per heavy atom. The fourth-order valence-electron chi connectivity index (χ4n) is 1.09. The van der Waals surface area contributed by atoms with Crippen LogP contribution in [0, 0.1) is 6.92 Å². The van der Waals surface area contributed by atoms with Crippen LogP contribution in [-0.4, -0.2) is 16.4 Å². The van der Waals surface area contributed by atoms with Crippen molar-refractivity contribution < 1.29 is 9.53 Å². The lowest BCUT2D eigenvalue weighted by atomic mass is 10.1. The fraction of sp³-hybridized carbons (Fsp3) is 0.364. The maximum atomic E-state index is 11.3. The molecule has 0 amide bonds. The zero-order valence-electron chi connectivity index (χ0n) is 8.67. The summed E-state index contributed by atoms with van der Waals surface area (Å²) in [5.41, 5.74) is 2.01. The Kier molecular flexibility index (Phi) is 4.90. The molecule has 0 bridgehead atoms. The Hall–Kier alpha value is -0.440. The average Bonchev–Trinajstić information content (AvgIpc) is 2.18. The standard InChI is InChI=1S/C11H11Cl3O2/c1-8-2-4-9(5-3-8)6-10(15)16-7-11(12,13)14/h2-5H,6-7H2,1H3. The predicted molar refractivity (Wildman–Crippen MR) is 66.1 cm³/mol. The molecule has 0 aliphatic heterocycles. The molecule has 1 aromatic rings. The van der Waals surface area contributed by atoms with Crippen molar-refractivity contribution in [1.29, 1.82) is 0 Å². The van der Waals surface area contributed by atoms with Crippen molar-refractivity contribution in [3.8, 4) is 0 Å². The molecule has 5 heteroatoms. The summed E-state index contributed by atoms with van der Waals surface area (Å²) < 4.78 is 3.25. The van der Waals surface area contributed by atoms with Crippen molar-refractivity contribution in [3.63, 3.8) is 0 Å². The Bertz CT molecular complexity index is 354. The average molecular weight is 282 g/mol. The van der Waals surface area contributed by atoms with E-state index in [0.717, 1.165) is 11.1 Å². The Morgan fingerprint density at radius 1 is 1.25 bits per heavy atom. The monoisotopic (exact) mass is 280 g/mol. The quantitative estimate of drug-likeness (QED) is 0.626. The lowest BCUT2D eigenvalue weighted by Gasteiger charge is -2.11. The van der Waals surface area contributed by atoms with Gasteiger partial charge in [0.25, 0.3) is 0 Å². The number of rotatable bonds is 3. The van der Waals surface area contributed by atoms with Gasteiger partial charge in [0.2, 0.25) is 3.79 Å². The van der Waals surface area contributed by atoms with E-state index in [1.165, 1.54) is 0 Å². The first-order valence-electron chi connectivity index (χ1n) is 4.65. The van der Waals surface area contributed by atoms with E-state index in [1.807, 2.05) is 31.2 Å². The molecule has 0 saturated heterocycles. The summed E-state index contributed by atoms with van der Waals surface area (Å²) in [6, 6.07) is 7.59. The summed E-state index contributed by atoms with van der Waals surface area (Å²) in [5, 5.41) is 0. The van der Waals surface area contributed by atoms with Crippen LogP contribution in [-0.2, 0) is 16.0 Å². The van der Waals surface area contributed by atoms with Crippen LogP contribution in [0.5, 0.6) is 0 Å². The largest absolute Gasteiger partial charge is 0.461 e. The van der Waals surface area contributed by atoms with Gasteiger partial charge in [-0.05, 0) is 12.5 Å². The SMILES string of the molecule is Cc1ccc(CC(=O)OCC(Cl)(Cl)Cl)cc1. The second kappa shape index (κ2) is 5.76. The lowest BCUT2D eigenvalue weighted by molar-refractivity contribution is -0.142. The van der Waals surface area contributed by atoms with Crippen molar-refractivity contribution in [2.45, 2.75) is 17.1 Å². The first kappa shape index (κ1) is 13.6. The summed E-state index contributed by atoms with van der Waals surface area (Å²) in [7, 11) is 0. The van der Waals surface area contributed by atoms with E-state index in [-0.39, 0.29) is 13.0 Å². The van der Waals surface area contributed by atoms with Crippen molar-refractivity contribution >= 4 is 40.8 Å². The van der Waals surface area contributed by atoms with Gasteiger partial charge in [-0.25, -0.2) is 0 Å². The molecule has 0 unspecified atom stereocenters. The van der Waals surface area contributed by atoms with Gasteiger partial charge in [0.1, 0.15) is 6.61 Å². The maximum Gasteiger partial charge on any atom is 0.310 e. The van der Waals surface area contributed by atoms with E-state index in [9.17, 15) is 4.79 Å². The Labute approximate surface area is 109 Å². The highest BCUT2D eigenvalue weighted by Crippen LogP contribution is 2.26. The zero-order valence-corrected chi connectivity index (χ0v) is 10.9. The van der Waals surface area contributed by atoms with Gasteiger partial charge in [0.05, 0.1) is 6.42 Å². The molecule has 0 aliphatic rings. The molecule has 0 heterocycles. The van der Waals surface area contributed by atoms with Gasteiger partial charge >= 0.3 is 5.97 Å². The molecule has 16 heavy (non-hydrogen) atoms. The molecular formula is C11H11Cl3O2. The number of aryl methyl sites for hydroxylation is 1. The van der Waals surface area contributed by atoms with E-state index < -0.39 is 9.76 Å². The predicted octanol–water partition coefficient (Wildman–Crippen LogP) is 3.45. The zero-order chi connectivity index (χ0) is 12.2. The third-order valence-electron chi connectivity index (χ3n) is 1.87. The Morgan fingerprint density at radius 3 is 2.31 bits per heavy atom. The maximum absolute atomic E-state index is 11.3. The highest BCUT2D eigenvalue weighted by molar-refractivity contribution is 6.67. The lowest BCUT2D eigenvalue weighted by Crippen LogP contribution is -2.18. The van der Waals surface area contributed by atoms with Crippen molar-refractivity contribution in [2.24, 2.45) is 0 Å². The molecular weight excluding hydrogens is 270 g/mol. The summed E-state index contributed by atoms with van der Waals surface area (Å²) >= 11 is 16.4. The number of carbonyl (C=O) groups is 1. The van der Waals surface area contributed by atoms with Gasteiger partial charge in [-0.3, -0.25) is 4.79 Å². The molecule has 2 nitrogen and oxygen atoms in total. The smallest absolute Gasteiger partial charge is 0.310 e. The van der Waals surface area contributed by atoms with Crippen molar-refractivity contribution in [1.82, 2.24) is 0 Å². The molecule has 0 aromatic heterocycles. The van der Waals surface area contributed by atoms with E-state index in [2.05, 4.69) is 0 Å². The summed E-state index contributed by atoms with van der Waals surface area (Å²) in [6.45, 7) is 1.74. The highest BCUT2D eigenvalue weighted by Gasteiger charge is 2.22. The number of carbonyl (C=O) groups excluding carboxylic acids is 1. The van der Waals surface area contributed by atoms with Crippen LogP contribution in [0.15, 0.2) is 24.3 Å². The van der Waals surface area contributed by atoms with Crippen molar-refractivity contribution in [2.75, 3.05) is 6.61 Å². The van der Waals surface area contributed by atoms with Crippen LogP contribution >= 0.6 is 34.8 Å². The number of halogens is 3. The number of esters is 1. The molecule has 1 rings (SSSR count). The first-order chi connectivity index (χ1) is 7.37. The van der Waals surface area contributed by atoms with Crippen LogP contribution in [0.1, 0.15) is 11.1 Å². The number of hydrogen-bond donors (Lipinski definition) is 0. The van der Waals surface area contributed by atoms with Crippen LogP contribution in [0.3, 0.4) is 0 Å². The van der Waals surface area contributed by atoms with Crippen LogP contribution in [0.2, 0.25) is 0 Å². The molecule has 88 valence electrons. The molecule has 1 aromatic carbocycles. The second-order valence-corrected chi connectivity index (χ2v) is 5.95. The summed E-state index contributed by atoms with van der Waals surface area (Å²) in [4.78, 5) is 11.3. The van der Waals surface area contributed by atoms with Crippen LogP contribution < -0.4 is 0 Å². The molecule has 0 spiro atoms. The summed E-state index contributed by atoms with van der Waals surface area (Å²) in [6.07, 6.45) is 0.182. The highest BCUT2D eigenvalue weighted by atomic mass is 35.6. The molecule has 0 saturated carbocycles. The molecule has 0 aliphatic carbocycles. The van der Waals surface area contributed by atoms with Gasteiger partial charge in [-0.15, -0.1) is 0 Å². The van der Waals surface area contributed by atoms with Crippen LogP contribution in [0.4, 0.5) is 0 Å². The van der Waals surface area contributed by atoms with Crippen molar-refractivity contribution in [3.05, 3.63) is 35.4 Å². The van der Waals surface area contributed by atoms with E-state index >= 15 is 0 Å². The third-order valence-corrected chi connectivity index (χ3v) is 2.19. The molecule has 0 atom stereocenters. The number of hydrogen-bond acceptors (Lipinski definition) is 2. The number of ether oxygens (including phenoxy) is 1. The van der Waals surface area contributed by atoms with Gasteiger partial charge in [-0.2, -0.15) is 0 Å². The van der Waals surface area contributed by atoms with Crippen LogP contribution in [0.25, 0.3) is 0 Å². The van der Waals surface area contributed by atoms with E-state index in [4.69, 9.17) is 39.5 Å². The van der Waals surface area contributed by atoms with Gasteiger partial charge in [0, 0.05) is 0 Å². The minimum Gasteiger partial charge on any atom is -0.461 e. The number of alkyl halides is 3. The molecule has 0 radical (unpaired) electrons. The minimum atomic E-state index is -1.55. The first-order valence-corrected chi connectivity index (χ1v) is 5.78. The fourth-order valence-corrected chi connectivity index (χ4v) is 1.25. The third kappa shape index (κ3) is 5.59.